The van der Waals surface area contributed by atoms with Crippen LogP contribution < -0.4 is 19.5 Å². The number of anilines is 1. The summed E-state index contributed by atoms with van der Waals surface area (Å²) in [5, 5.41) is 7.02. The number of benzene rings is 2. The number of hydrogen-bond acceptors (Lipinski definition) is 6. The molecule has 0 unspecified atom stereocenters. The van der Waals surface area contributed by atoms with Crippen molar-refractivity contribution >= 4 is 11.9 Å². The lowest BCUT2D eigenvalue weighted by Crippen LogP contribution is -2.14. The monoisotopic (exact) mass is 396 g/mol. The van der Waals surface area contributed by atoms with Crippen LogP contribution in [0.2, 0.25) is 0 Å². The van der Waals surface area contributed by atoms with Gasteiger partial charge in [-0.25, -0.2) is 9.67 Å². The maximum Gasteiger partial charge on any atom is 0.248 e. The predicted molar refractivity (Wildman–Crippen MR) is 109 cm³/mol. The number of amides is 1. The van der Waals surface area contributed by atoms with Crippen LogP contribution in [0.3, 0.4) is 0 Å². The summed E-state index contributed by atoms with van der Waals surface area (Å²) >= 11 is 0. The normalized spacial score (nSPS) is 10.4. The minimum atomic E-state index is -0.170. The fourth-order valence-corrected chi connectivity index (χ4v) is 2.92. The molecule has 0 saturated carbocycles. The van der Waals surface area contributed by atoms with Crippen LogP contribution in [0.25, 0.3) is 0 Å². The highest BCUT2D eigenvalue weighted by Crippen LogP contribution is 2.38. The maximum absolute atomic E-state index is 12.3. The van der Waals surface area contributed by atoms with Crippen molar-refractivity contribution in [2.75, 3.05) is 26.6 Å². The number of carbonyl (C=O) groups is 1. The topological polar surface area (TPSA) is 87.5 Å². The Morgan fingerprint density at radius 3 is 2.31 bits per heavy atom. The van der Waals surface area contributed by atoms with Crippen LogP contribution in [0, 0.1) is 0 Å². The minimum absolute atomic E-state index is 0.170. The zero-order chi connectivity index (χ0) is 20.6. The van der Waals surface area contributed by atoms with Crippen molar-refractivity contribution < 1.29 is 19.0 Å². The first-order valence-electron chi connectivity index (χ1n) is 9.15. The summed E-state index contributed by atoms with van der Waals surface area (Å²) in [6, 6.07) is 13.6. The molecule has 3 rings (SSSR count). The van der Waals surface area contributed by atoms with Crippen molar-refractivity contribution in [1.29, 1.82) is 0 Å². The van der Waals surface area contributed by atoms with Crippen LogP contribution in [-0.2, 0) is 17.8 Å². The summed E-state index contributed by atoms with van der Waals surface area (Å²) in [6.07, 6.45) is 2.38. The first kappa shape index (κ1) is 20.2. The van der Waals surface area contributed by atoms with Crippen LogP contribution >= 0.6 is 0 Å². The standard InChI is InChI=1S/C21H24N4O4/c1-27-17-11-16(12-18(28-2)20(17)29-3)9-10-19(26)23-21-22-14-25(24-21)13-15-7-5-4-6-8-15/h4-8,11-12,14H,9-10,13H2,1-3H3,(H,23,24,26). The Morgan fingerprint density at radius 1 is 1.00 bits per heavy atom. The SMILES string of the molecule is COc1cc(CCC(=O)Nc2ncn(Cc3ccccc3)n2)cc(OC)c1OC. The summed E-state index contributed by atoms with van der Waals surface area (Å²) in [4.78, 5) is 16.4. The van der Waals surface area contributed by atoms with E-state index < -0.39 is 0 Å². The van der Waals surface area contributed by atoms with Crippen molar-refractivity contribution in [3.8, 4) is 17.2 Å². The van der Waals surface area contributed by atoms with Crippen LogP contribution in [0.1, 0.15) is 17.5 Å². The average molecular weight is 396 g/mol. The molecule has 2 aromatic carbocycles. The molecule has 29 heavy (non-hydrogen) atoms. The Labute approximate surface area is 169 Å². The molecule has 0 aliphatic heterocycles. The molecule has 1 aromatic heterocycles. The van der Waals surface area contributed by atoms with Crippen molar-refractivity contribution in [1.82, 2.24) is 14.8 Å². The zero-order valence-corrected chi connectivity index (χ0v) is 16.7. The smallest absolute Gasteiger partial charge is 0.248 e. The second-order valence-electron chi connectivity index (χ2n) is 6.33. The Bertz CT molecular complexity index is 931. The van der Waals surface area contributed by atoms with Crippen molar-refractivity contribution in [2.45, 2.75) is 19.4 Å². The second-order valence-corrected chi connectivity index (χ2v) is 6.33. The van der Waals surface area contributed by atoms with E-state index in [0.29, 0.717) is 30.2 Å². The molecule has 0 spiro atoms. The van der Waals surface area contributed by atoms with Gasteiger partial charge in [0.2, 0.25) is 17.6 Å². The molecule has 1 amide bonds. The third-order valence-corrected chi connectivity index (χ3v) is 4.34. The molecular formula is C21H24N4O4. The van der Waals surface area contributed by atoms with Crippen LogP contribution in [0.4, 0.5) is 5.95 Å². The van der Waals surface area contributed by atoms with Crippen molar-refractivity contribution in [3.05, 3.63) is 59.9 Å². The van der Waals surface area contributed by atoms with Crippen LogP contribution in [-0.4, -0.2) is 42.0 Å². The summed E-state index contributed by atoms with van der Waals surface area (Å²) in [7, 11) is 4.67. The van der Waals surface area contributed by atoms with E-state index in [1.54, 1.807) is 32.3 Å². The van der Waals surface area contributed by atoms with Gasteiger partial charge in [-0.2, -0.15) is 0 Å². The highest BCUT2D eigenvalue weighted by Gasteiger charge is 2.14. The van der Waals surface area contributed by atoms with Gasteiger partial charge >= 0.3 is 0 Å². The minimum Gasteiger partial charge on any atom is -0.493 e. The predicted octanol–water partition coefficient (Wildman–Crippen LogP) is 2.92. The quantitative estimate of drug-likeness (QED) is 0.598. The molecule has 0 fully saturated rings. The molecule has 3 aromatic rings. The van der Waals surface area contributed by atoms with E-state index in [4.69, 9.17) is 14.2 Å². The molecule has 0 aliphatic carbocycles. The Hall–Kier alpha value is -3.55. The van der Waals surface area contributed by atoms with E-state index in [-0.39, 0.29) is 18.3 Å². The first-order valence-corrected chi connectivity index (χ1v) is 9.15. The molecule has 0 saturated heterocycles. The molecule has 152 valence electrons. The summed E-state index contributed by atoms with van der Waals surface area (Å²) in [5.41, 5.74) is 2.01. The summed E-state index contributed by atoms with van der Waals surface area (Å²) < 4.78 is 17.7. The molecule has 1 heterocycles. The van der Waals surface area contributed by atoms with Gasteiger partial charge in [-0.3, -0.25) is 10.1 Å². The van der Waals surface area contributed by atoms with Crippen LogP contribution in [0.5, 0.6) is 17.2 Å². The zero-order valence-electron chi connectivity index (χ0n) is 16.7. The van der Waals surface area contributed by atoms with Gasteiger partial charge in [0.15, 0.2) is 11.5 Å². The number of nitrogens with zero attached hydrogens (tertiary/aromatic N) is 3. The summed E-state index contributed by atoms with van der Waals surface area (Å²) in [5.74, 6) is 1.76. The molecule has 0 aliphatic rings. The fourth-order valence-electron chi connectivity index (χ4n) is 2.92. The molecule has 0 atom stereocenters. The van der Waals surface area contributed by atoms with Gasteiger partial charge < -0.3 is 14.2 Å². The van der Waals surface area contributed by atoms with Gasteiger partial charge in [0, 0.05) is 6.42 Å². The van der Waals surface area contributed by atoms with Gasteiger partial charge in [-0.05, 0) is 29.7 Å². The first-order chi connectivity index (χ1) is 14.1. The molecular weight excluding hydrogens is 372 g/mol. The van der Waals surface area contributed by atoms with Gasteiger partial charge in [-0.1, -0.05) is 30.3 Å². The van der Waals surface area contributed by atoms with E-state index in [9.17, 15) is 4.79 Å². The lowest BCUT2D eigenvalue weighted by atomic mass is 10.1. The fraction of sp³-hybridized carbons (Fsp3) is 0.286. The van der Waals surface area contributed by atoms with Crippen molar-refractivity contribution in [3.63, 3.8) is 0 Å². The highest BCUT2D eigenvalue weighted by molar-refractivity contribution is 5.89. The number of carbonyl (C=O) groups excluding carboxylic acids is 1. The summed E-state index contributed by atoms with van der Waals surface area (Å²) in [6.45, 7) is 0.592. The lowest BCUT2D eigenvalue weighted by Gasteiger charge is -2.14. The molecule has 0 bridgehead atoms. The largest absolute Gasteiger partial charge is 0.493 e. The van der Waals surface area contributed by atoms with E-state index in [1.807, 2.05) is 42.5 Å². The van der Waals surface area contributed by atoms with E-state index in [1.165, 1.54) is 0 Å². The molecule has 1 N–H and O–H groups in total. The third kappa shape index (κ3) is 5.25. The van der Waals surface area contributed by atoms with E-state index in [2.05, 4.69) is 15.4 Å². The Morgan fingerprint density at radius 2 is 1.69 bits per heavy atom. The van der Waals surface area contributed by atoms with Crippen molar-refractivity contribution in [2.24, 2.45) is 0 Å². The van der Waals surface area contributed by atoms with Gasteiger partial charge in [0.25, 0.3) is 0 Å². The number of hydrogen-bond donors (Lipinski definition) is 1. The molecule has 0 radical (unpaired) electrons. The number of ether oxygens (including phenoxy) is 3. The van der Waals surface area contributed by atoms with Gasteiger partial charge in [0.1, 0.15) is 6.33 Å². The second kappa shape index (κ2) is 9.59. The lowest BCUT2D eigenvalue weighted by molar-refractivity contribution is -0.116. The van der Waals surface area contributed by atoms with Gasteiger partial charge in [-0.15, -0.1) is 5.10 Å². The van der Waals surface area contributed by atoms with E-state index >= 15 is 0 Å². The number of methoxy groups -OCH3 is 3. The maximum atomic E-state index is 12.3. The van der Waals surface area contributed by atoms with Crippen LogP contribution in [0.15, 0.2) is 48.8 Å². The number of aryl methyl sites for hydroxylation is 1. The number of aromatic nitrogens is 3. The number of rotatable bonds is 9. The molecule has 8 heteroatoms. The average Bonchev–Trinajstić information content (AvgIpc) is 3.18. The number of nitrogens with one attached hydrogen (secondary N) is 1. The highest BCUT2D eigenvalue weighted by atomic mass is 16.5. The Balaban J connectivity index is 1.58. The molecule has 8 nitrogen and oxygen atoms in total. The third-order valence-electron chi connectivity index (χ3n) is 4.34. The van der Waals surface area contributed by atoms with Gasteiger partial charge in [0.05, 0.1) is 27.9 Å². The van der Waals surface area contributed by atoms with E-state index in [0.717, 1.165) is 11.1 Å². The Kier molecular flexibility index (Phi) is 6.67.